The standard InChI is InChI=1S/C27H25FN6O2/c28-21-8-18(7-19-9-20(19)10-21)13-29-12-17-4-5-24-31-22(16-33(24)15-17)14-30-27(36)23-11-26(35)34-6-2-1-3-25(34)32-23/h1-6,8-9,11,15-16,18,20,29H,7,10,12-14H2,(H,30,36). The third-order valence-corrected chi connectivity index (χ3v) is 6.64. The van der Waals surface area contributed by atoms with Crippen LogP contribution in [0.15, 0.2) is 83.3 Å². The Hall–Kier alpha value is -4.11. The van der Waals surface area contributed by atoms with E-state index in [9.17, 15) is 14.0 Å². The van der Waals surface area contributed by atoms with Crippen molar-refractivity contribution in [3.63, 3.8) is 0 Å². The minimum absolute atomic E-state index is 0.00115. The Morgan fingerprint density at radius 3 is 2.89 bits per heavy atom. The van der Waals surface area contributed by atoms with Gasteiger partial charge in [-0.2, -0.15) is 0 Å². The van der Waals surface area contributed by atoms with Gasteiger partial charge in [-0.1, -0.05) is 23.8 Å². The molecule has 4 aromatic heterocycles. The third kappa shape index (κ3) is 4.70. The van der Waals surface area contributed by atoms with Crippen molar-refractivity contribution in [1.29, 1.82) is 0 Å². The van der Waals surface area contributed by atoms with E-state index in [1.807, 2.05) is 28.9 Å². The van der Waals surface area contributed by atoms with Crippen LogP contribution < -0.4 is 16.2 Å². The summed E-state index contributed by atoms with van der Waals surface area (Å²) in [5.41, 5.74) is 4.10. The summed E-state index contributed by atoms with van der Waals surface area (Å²) in [6.07, 6.45) is 10.9. The van der Waals surface area contributed by atoms with E-state index in [0.29, 0.717) is 30.2 Å². The Balaban J connectivity index is 1.07. The van der Waals surface area contributed by atoms with E-state index in [1.54, 1.807) is 30.5 Å². The van der Waals surface area contributed by atoms with E-state index in [2.05, 4.69) is 26.7 Å². The molecule has 2 aliphatic rings. The summed E-state index contributed by atoms with van der Waals surface area (Å²) >= 11 is 0. The second-order valence-electron chi connectivity index (χ2n) is 9.39. The Morgan fingerprint density at radius 2 is 1.97 bits per heavy atom. The Bertz CT molecular complexity index is 1600. The first-order valence-electron chi connectivity index (χ1n) is 12.0. The zero-order valence-electron chi connectivity index (χ0n) is 19.5. The molecule has 0 saturated heterocycles. The molecule has 2 atom stereocenters. The van der Waals surface area contributed by atoms with Crippen molar-refractivity contribution in [2.24, 2.45) is 11.8 Å². The normalized spacial score (nSPS) is 18.9. The zero-order chi connectivity index (χ0) is 24.6. The van der Waals surface area contributed by atoms with Gasteiger partial charge in [0.25, 0.3) is 11.5 Å². The fourth-order valence-corrected chi connectivity index (χ4v) is 4.76. The van der Waals surface area contributed by atoms with Crippen LogP contribution in [0.3, 0.4) is 0 Å². The number of rotatable bonds is 7. The first-order chi connectivity index (χ1) is 17.5. The van der Waals surface area contributed by atoms with Gasteiger partial charge in [0.15, 0.2) is 0 Å². The fraction of sp³-hybridized carbons (Fsp3) is 0.259. The molecule has 0 aromatic carbocycles. The van der Waals surface area contributed by atoms with Crippen LogP contribution in [0, 0.1) is 11.8 Å². The predicted octanol–water partition coefficient (Wildman–Crippen LogP) is 3.18. The van der Waals surface area contributed by atoms with E-state index in [-0.39, 0.29) is 29.5 Å². The van der Waals surface area contributed by atoms with Gasteiger partial charge in [-0.25, -0.2) is 14.4 Å². The van der Waals surface area contributed by atoms with Gasteiger partial charge in [0.1, 0.15) is 17.0 Å². The maximum Gasteiger partial charge on any atom is 0.270 e. The zero-order valence-corrected chi connectivity index (χ0v) is 19.5. The van der Waals surface area contributed by atoms with Gasteiger partial charge in [-0.05, 0) is 42.2 Å². The number of amides is 1. The summed E-state index contributed by atoms with van der Waals surface area (Å²) in [5.74, 6) is 0.113. The minimum atomic E-state index is -0.433. The summed E-state index contributed by atoms with van der Waals surface area (Å²) in [4.78, 5) is 33.7. The molecule has 1 amide bonds. The first-order valence-corrected chi connectivity index (χ1v) is 12.0. The van der Waals surface area contributed by atoms with Crippen LogP contribution >= 0.6 is 0 Å². The van der Waals surface area contributed by atoms with Crippen LogP contribution in [0.4, 0.5) is 4.39 Å². The highest BCUT2D eigenvalue weighted by molar-refractivity contribution is 5.92. The lowest BCUT2D eigenvalue weighted by molar-refractivity contribution is 0.0945. The van der Waals surface area contributed by atoms with Gasteiger partial charge < -0.3 is 15.0 Å². The number of halogens is 1. The SMILES string of the molecule is O=C(NCc1cn2cc(CNCC3C=C(F)CC4C=C4C3)ccc2n1)c1cc(=O)n2ccccc2n1. The molecule has 4 aromatic rings. The summed E-state index contributed by atoms with van der Waals surface area (Å²) in [6.45, 7) is 1.60. The fourth-order valence-electron chi connectivity index (χ4n) is 4.76. The Labute approximate surface area is 206 Å². The molecule has 2 N–H and O–H groups in total. The number of fused-ring (bicyclic) bond motifs is 3. The average Bonchev–Trinajstić information content (AvgIpc) is 3.48. The Kier molecular flexibility index (Phi) is 5.69. The molecular weight excluding hydrogens is 459 g/mol. The van der Waals surface area contributed by atoms with Gasteiger partial charge in [0.2, 0.25) is 0 Å². The van der Waals surface area contributed by atoms with E-state index < -0.39 is 5.91 Å². The summed E-state index contributed by atoms with van der Waals surface area (Å²) in [5, 5.41) is 6.23. The highest BCUT2D eigenvalue weighted by atomic mass is 19.1. The molecule has 0 saturated carbocycles. The smallest absolute Gasteiger partial charge is 0.270 e. The number of hydrogen-bond acceptors (Lipinski definition) is 5. The molecule has 9 heteroatoms. The van der Waals surface area contributed by atoms with Gasteiger partial charge in [-0.3, -0.25) is 14.0 Å². The molecule has 6 rings (SSSR count). The maximum absolute atomic E-state index is 13.9. The van der Waals surface area contributed by atoms with E-state index in [1.165, 1.54) is 16.0 Å². The summed E-state index contributed by atoms with van der Waals surface area (Å²) in [7, 11) is 0. The number of pyridine rings is 2. The van der Waals surface area contributed by atoms with Gasteiger partial charge in [0, 0.05) is 50.1 Å². The van der Waals surface area contributed by atoms with Crippen molar-refractivity contribution >= 4 is 17.2 Å². The van der Waals surface area contributed by atoms with Crippen LogP contribution in [0.2, 0.25) is 0 Å². The van der Waals surface area contributed by atoms with Crippen molar-refractivity contribution in [2.75, 3.05) is 6.54 Å². The van der Waals surface area contributed by atoms with Crippen LogP contribution in [-0.4, -0.2) is 31.2 Å². The molecular formula is C27H25FN6O2. The quantitative estimate of drug-likeness (QED) is 0.393. The molecule has 0 fully saturated rings. The molecule has 0 spiro atoms. The number of nitrogens with zero attached hydrogens (tertiary/aromatic N) is 4. The van der Waals surface area contributed by atoms with Crippen molar-refractivity contribution in [3.05, 3.63) is 106 Å². The van der Waals surface area contributed by atoms with E-state index in [0.717, 1.165) is 24.2 Å². The summed E-state index contributed by atoms with van der Waals surface area (Å²) < 4.78 is 17.2. The van der Waals surface area contributed by atoms with Gasteiger partial charge in [-0.15, -0.1) is 0 Å². The van der Waals surface area contributed by atoms with Gasteiger partial charge in [0.05, 0.1) is 18.1 Å². The van der Waals surface area contributed by atoms with Crippen molar-refractivity contribution < 1.29 is 9.18 Å². The Morgan fingerprint density at radius 1 is 1.06 bits per heavy atom. The predicted molar refractivity (Wildman–Crippen MR) is 133 cm³/mol. The molecule has 0 bridgehead atoms. The number of imidazole rings is 1. The average molecular weight is 485 g/mol. The highest BCUT2D eigenvalue weighted by Crippen LogP contribution is 2.42. The third-order valence-electron chi connectivity index (χ3n) is 6.64. The topological polar surface area (TPSA) is 92.8 Å². The molecule has 4 heterocycles. The van der Waals surface area contributed by atoms with Crippen molar-refractivity contribution in [2.45, 2.75) is 25.9 Å². The van der Waals surface area contributed by atoms with E-state index in [4.69, 9.17) is 0 Å². The molecule has 182 valence electrons. The lowest BCUT2D eigenvalue weighted by Crippen LogP contribution is -2.27. The van der Waals surface area contributed by atoms with Gasteiger partial charge >= 0.3 is 0 Å². The van der Waals surface area contributed by atoms with Crippen LogP contribution in [0.25, 0.3) is 11.3 Å². The number of allylic oxidation sites excluding steroid dienone is 3. The minimum Gasteiger partial charge on any atom is -0.345 e. The second kappa shape index (κ2) is 9.16. The first kappa shape index (κ1) is 22.4. The molecule has 36 heavy (non-hydrogen) atoms. The number of hydrogen-bond donors (Lipinski definition) is 2. The highest BCUT2D eigenvalue weighted by Gasteiger charge is 2.30. The largest absolute Gasteiger partial charge is 0.345 e. The molecule has 8 nitrogen and oxygen atoms in total. The monoisotopic (exact) mass is 484 g/mol. The molecule has 0 aliphatic heterocycles. The number of nitrogens with one attached hydrogen (secondary N) is 2. The summed E-state index contributed by atoms with van der Waals surface area (Å²) in [6, 6.07) is 10.3. The number of carbonyl (C=O) groups is 1. The van der Waals surface area contributed by atoms with E-state index >= 15 is 0 Å². The lowest BCUT2D eigenvalue weighted by Gasteiger charge is -2.12. The van der Waals surface area contributed by atoms with Crippen LogP contribution in [0.1, 0.15) is 34.6 Å². The number of carbonyl (C=O) groups excluding carboxylic acids is 1. The maximum atomic E-state index is 13.9. The molecule has 0 radical (unpaired) electrons. The van der Waals surface area contributed by atoms with Crippen molar-refractivity contribution in [1.82, 2.24) is 29.4 Å². The molecule has 2 unspecified atom stereocenters. The molecule has 2 aliphatic carbocycles. The lowest BCUT2D eigenvalue weighted by atomic mass is 10.0. The van der Waals surface area contributed by atoms with Crippen LogP contribution in [-0.2, 0) is 13.1 Å². The number of aromatic nitrogens is 4. The van der Waals surface area contributed by atoms with Crippen molar-refractivity contribution in [3.8, 4) is 0 Å². The second-order valence-corrected chi connectivity index (χ2v) is 9.39. The van der Waals surface area contributed by atoms with Crippen LogP contribution in [0.5, 0.6) is 0 Å².